The minimum Gasteiger partial charge on any atom is -0.394 e. The second-order valence-corrected chi connectivity index (χ2v) is 7.33. The van der Waals surface area contributed by atoms with Gasteiger partial charge in [0.25, 0.3) is 5.91 Å². The maximum Gasteiger partial charge on any atom is 0.254 e. The molecule has 0 unspecified atom stereocenters. The molecule has 1 aliphatic rings. The largest absolute Gasteiger partial charge is 0.394 e. The van der Waals surface area contributed by atoms with Crippen LogP contribution in [0.1, 0.15) is 27.0 Å². The Labute approximate surface area is 158 Å². The summed E-state index contributed by atoms with van der Waals surface area (Å²) >= 11 is 2.05. The molecule has 1 aliphatic heterocycles. The van der Waals surface area contributed by atoms with Gasteiger partial charge >= 0.3 is 0 Å². The average molecular weight is 456 g/mol. The molecule has 0 saturated heterocycles. The van der Waals surface area contributed by atoms with E-state index in [-0.39, 0.29) is 24.7 Å². The summed E-state index contributed by atoms with van der Waals surface area (Å²) < 4.78 is 15.0. The van der Waals surface area contributed by atoms with Crippen LogP contribution in [0, 0.1) is 9.39 Å². The Hall–Kier alpha value is -1.58. The van der Waals surface area contributed by atoms with E-state index in [1.165, 1.54) is 11.0 Å². The molecule has 5 nitrogen and oxygen atoms in total. The highest BCUT2D eigenvalue weighted by Crippen LogP contribution is 2.25. The molecule has 25 heavy (non-hydrogen) atoms. The number of nitrogens with zero attached hydrogens (tertiary/aromatic N) is 2. The predicted molar refractivity (Wildman–Crippen MR) is 98.9 cm³/mol. The topological polar surface area (TPSA) is 73.7 Å². The Kier molecular flexibility index (Phi) is 5.65. The second-order valence-electron chi connectivity index (χ2n) is 6.08. The van der Waals surface area contributed by atoms with Crippen LogP contribution in [-0.4, -0.2) is 51.8 Å². The quantitative estimate of drug-likeness (QED) is 0.673. The van der Waals surface area contributed by atoms with E-state index in [0.29, 0.717) is 29.7 Å². The van der Waals surface area contributed by atoms with Crippen LogP contribution < -0.4 is 0 Å². The summed E-state index contributed by atoms with van der Waals surface area (Å²) in [4.78, 5) is 18.5. The number of carbonyl (C=O) groups is 1. The number of aromatic nitrogens is 1. The fourth-order valence-corrected chi connectivity index (χ4v) is 3.48. The Morgan fingerprint density at radius 1 is 1.32 bits per heavy atom. The molecule has 0 aliphatic carbocycles. The van der Waals surface area contributed by atoms with Gasteiger partial charge in [0.1, 0.15) is 5.82 Å². The summed E-state index contributed by atoms with van der Waals surface area (Å²) in [6, 6.07) is 5.01. The van der Waals surface area contributed by atoms with Crippen LogP contribution in [0.3, 0.4) is 0 Å². The van der Waals surface area contributed by atoms with Crippen LogP contribution in [0.4, 0.5) is 4.39 Å². The molecule has 2 N–H and O–H groups in total. The van der Waals surface area contributed by atoms with Crippen LogP contribution in [-0.2, 0) is 12.8 Å². The van der Waals surface area contributed by atoms with Gasteiger partial charge in [-0.3, -0.25) is 9.78 Å². The summed E-state index contributed by atoms with van der Waals surface area (Å²) in [7, 11) is 0. The lowest BCUT2D eigenvalue weighted by Gasteiger charge is -2.31. The summed E-state index contributed by atoms with van der Waals surface area (Å²) in [5.74, 6) is -0.516. The van der Waals surface area contributed by atoms with Crippen molar-refractivity contribution in [3.05, 3.63) is 62.2 Å². The first kappa shape index (κ1) is 18.2. The third-order valence-corrected chi connectivity index (χ3v) is 4.96. The highest BCUT2D eigenvalue weighted by Gasteiger charge is 2.28. The van der Waals surface area contributed by atoms with Crippen LogP contribution in [0.15, 0.2) is 30.6 Å². The monoisotopic (exact) mass is 456 g/mol. The normalized spacial score (nSPS) is 15.2. The summed E-state index contributed by atoms with van der Waals surface area (Å²) in [5, 5.41) is 18.6. The summed E-state index contributed by atoms with van der Waals surface area (Å²) in [5.41, 5.74) is 2.55. The van der Waals surface area contributed by atoms with Crippen molar-refractivity contribution in [1.82, 2.24) is 9.88 Å². The molecule has 1 aromatic heterocycles. The fraction of sp³-hybridized carbons (Fsp3) is 0.333. The lowest BCUT2D eigenvalue weighted by molar-refractivity contribution is 0.0444. The molecule has 0 spiro atoms. The van der Waals surface area contributed by atoms with Gasteiger partial charge in [0.15, 0.2) is 0 Å². The maximum absolute atomic E-state index is 14.2. The number of halogens is 2. The van der Waals surface area contributed by atoms with E-state index in [9.17, 15) is 14.3 Å². The Bertz CT molecular complexity index is 800. The minimum absolute atomic E-state index is 0.0778. The zero-order valence-corrected chi connectivity index (χ0v) is 15.6. The van der Waals surface area contributed by atoms with Crippen molar-refractivity contribution in [3.8, 4) is 0 Å². The van der Waals surface area contributed by atoms with Crippen molar-refractivity contribution in [2.45, 2.75) is 18.9 Å². The molecule has 0 saturated carbocycles. The first-order valence-corrected chi connectivity index (χ1v) is 9.05. The number of aliphatic hydroxyl groups excluding tert-OH is 2. The number of fused-ring (bicyclic) bond motifs is 1. The van der Waals surface area contributed by atoms with E-state index in [4.69, 9.17) is 5.11 Å². The van der Waals surface area contributed by atoms with Crippen molar-refractivity contribution in [2.24, 2.45) is 0 Å². The van der Waals surface area contributed by atoms with Crippen LogP contribution in [0.5, 0.6) is 0 Å². The molecule has 1 atom stereocenters. The summed E-state index contributed by atoms with van der Waals surface area (Å²) in [6.07, 6.45) is 3.20. The standard InChI is InChI=1S/C18H18FIN2O3/c19-16-6-14(20)2-1-11(16)5-13-8-21-7-12-3-4-22(9-15(24)10-23)18(25)17(12)13/h1-2,6-8,15,23-24H,3-5,9-10H2/t15-/m0/s1. The van der Waals surface area contributed by atoms with E-state index in [2.05, 4.69) is 27.6 Å². The fourth-order valence-electron chi connectivity index (χ4n) is 3.02. The first-order valence-electron chi connectivity index (χ1n) is 7.97. The van der Waals surface area contributed by atoms with Crippen molar-refractivity contribution < 1.29 is 19.4 Å². The van der Waals surface area contributed by atoms with Gasteiger partial charge in [-0.25, -0.2) is 4.39 Å². The van der Waals surface area contributed by atoms with Crippen LogP contribution in [0.25, 0.3) is 0 Å². The number of pyridine rings is 1. The van der Waals surface area contributed by atoms with Crippen molar-refractivity contribution in [3.63, 3.8) is 0 Å². The lowest BCUT2D eigenvalue weighted by atomic mass is 9.93. The minimum atomic E-state index is -0.968. The van der Waals surface area contributed by atoms with Crippen LogP contribution >= 0.6 is 22.6 Å². The number of aliphatic hydroxyl groups is 2. The predicted octanol–water partition coefficient (Wildman–Crippen LogP) is 1.77. The van der Waals surface area contributed by atoms with Gasteiger partial charge in [0.05, 0.1) is 12.7 Å². The number of amides is 1. The van der Waals surface area contributed by atoms with E-state index < -0.39 is 12.7 Å². The van der Waals surface area contributed by atoms with Crippen molar-refractivity contribution >= 4 is 28.5 Å². The molecule has 0 fully saturated rings. The lowest BCUT2D eigenvalue weighted by Crippen LogP contribution is -2.43. The van der Waals surface area contributed by atoms with Gasteiger partial charge in [-0.1, -0.05) is 6.07 Å². The zero-order valence-electron chi connectivity index (χ0n) is 13.5. The van der Waals surface area contributed by atoms with E-state index in [1.54, 1.807) is 18.5 Å². The number of rotatable bonds is 5. The third-order valence-electron chi connectivity index (χ3n) is 4.29. The molecule has 2 heterocycles. The Balaban J connectivity index is 1.92. The molecule has 1 amide bonds. The smallest absolute Gasteiger partial charge is 0.254 e. The number of benzene rings is 1. The second kappa shape index (κ2) is 7.76. The molecule has 132 valence electrons. The van der Waals surface area contributed by atoms with E-state index >= 15 is 0 Å². The number of β-amino-alcohol motifs (C(OH)–C–C–N with tert-alkyl or cyclic N) is 1. The number of hydrogen-bond donors (Lipinski definition) is 2. The zero-order chi connectivity index (χ0) is 18.0. The van der Waals surface area contributed by atoms with E-state index in [0.717, 1.165) is 9.13 Å². The van der Waals surface area contributed by atoms with Gasteiger partial charge in [-0.05, 0) is 57.8 Å². The number of hydrogen-bond acceptors (Lipinski definition) is 4. The Morgan fingerprint density at radius 2 is 2.12 bits per heavy atom. The van der Waals surface area contributed by atoms with Gasteiger partial charge in [-0.2, -0.15) is 0 Å². The van der Waals surface area contributed by atoms with Crippen molar-refractivity contribution in [2.75, 3.05) is 19.7 Å². The van der Waals surface area contributed by atoms with E-state index in [1.807, 2.05) is 6.07 Å². The number of carbonyl (C=O) groups excluding carboxylic acids is 1. The first-order chi connectivity index (χ1) is 12.0. The highest BCUT2D eigenvalue weighted by molar-refractivity contribution is 14.1. The van der Waals surface area contributed by atoms with Gasteiger partial charge < -0.3 is 15.1 Å². The molecule has 1 aromatic carbocycles. The molecule has 2 aromatic rings. The summed E-state index contributed by atoms with van der Waals surface area (Å²) in [6.45, 7) is 0.147. The van der Waals surface area contributed by atoms with Gasteiger partial charge in [-0.15, -0.1) is 0 Å². The maximum atomic E-state index is 14.2. The molecule has 0 bridgehead atoms. The SMILES string of the molecule is O=C1c2c(cncc2Cc2ccc(I)cc2F)CCN1C[C@H](O)CO. The molecular formula is C18H18FIN2O3. The third kappa shape index (κ3) is 3.99. The average Bonchev–Trinajstić information content (AvgIpc) is 2.59. The molecule has 3 rings (SSSR count). The van der Waals surface area contributed by atoms with Gasteiger partial charge in [0, 0.05) is 41.0 Å². The molecule has 0 radical (unpaired) electrons. The molecule has 7 heteroatoms. The molecular weight excluding hydrogens is 438 g/mol. The Morgan fingerprint density at radius 3 is 2.84 bits per heavy atom. The van der Waals surface area contributed by atoms with Gasteiger partial charge in [0.2, 0.25) is 0 Å². The van der Waals surface area contributed by atoms with Crippen molar-refractivity contribution in [1.29, 1.82) is 0 Å². The van der Waals surface area contributed by atoms with Crippen LogP contribution in [0.2, 0.25) is 0 Å². The highest BCUT2D eigenvalue weighted by atomic mass is 127.